The van der Waals surface area contributed by atoms with Crippen molar-refractivity contribution in [3.8, 4) is 0 Å². The predicted octanol–water partition coefficient (Wildman–Crippen LogP) is 2.98. The van der Waals surface area contributed by atoms with Crippen LogP contribution in [0.1, 0.15) is 25.8 Å². The van der Waals surface area contributed by atoms with Gasteiger partial charge in [0.05, 0.1) is 19.8 Å². The number of guanidine groups is 1. The highest BCUT2D eigenvalue weighted by atomic mass is 127. The second-order valence-electron chi connectivity index (χ2n) is 6.90. The van der Waals surface area contributed by atoms with E-state index in [-0.39, 0.29) is 24.0 Å². The van der Waals surface area contributed by atoms with Gasteiger partial charge in [-0.15, -0.1) is 24.0 Å². The monoisotopic (exact) mass is 506 g/mol. The lowest BCUT2D eigenvalue weighted by molar-refractivity contribution is 0.0945. The van der Waals surface area contributed by atoms with E-state index in [0.717, 1.165) is 51.7 Å². The van der Waals surface area contributed by atoms with E-state index in [2.05, 4.69) is 53.6 Å². The number of aliphatic imine (C=N–C) groups is 1. The van der Waals surface area contributed by atoms with Gasteiger partial charge in [-0.05, 0) is 38.4 Å². The average molecular weight is 506 g/mol. The summed E-state index contributed by atoms with van der Waals surface area (Å²) in [7, 11) is 3.86. The Morgan fingerprint density at radius 2 is 1.93 bits per heavy atom. The molecule has 0 saturated heterocycles. The molecule has 1 aromatic carbocycles. The average Bonchev–Trinajstić information content (AvgIpc) is 2.68. The minimum atomic E-state index is 0. The molecule has 1 atom stereocenters. The van der Waals surface area contributed by atoms with Gasteiger partial charge in [-0.2, -0.15) is 0 Å². The fourth-order valence-electron chi connectivity index (χ4n) is 2.51. The third kappa shape index (κ3) is 14.1. The number of hydrogen-bond donors (Lipinski definition) is 2. The zero-order chi connectivity index (χ0) is 19.7. The minimum Gasteiger partial charge on any atom is -0.383 e. The van der Waals surface area contributed by atoms with Crippen LogP contribution in [0.3, 0.4) is 0 Å². The van der Waals surface area contributed by atoms with Crippen LogP contribution < -0.4 is 10.6 Å². The summed E-state index contributed by atoms with van der Waals surface area (Å²) in [5.41, 5.74) is 1.21. The van der Waals surface area contributed by atoms with Crippen LogP contribution in [0, 0.1) is 5.92 Å². The first-order valence-corrected chi connectivity index (χ1v) is 9.97. The van der Waals surface area contributed by atoms with E-state index in [9.17, 15) is 0 Å². The first kappa shape index (κ1) is 27.1. The molecule has 1 rings (SSSR count). The molecule has 0 heterocycles. The normalized spacial score (nSPS) is 12.5. The molecule has 28 heavy (non-hydrogen) atoms. The van der Waals surface area contributed by atoms with Crippen molar-refractivity contribution in [2.75, 3.05) is 60.1 Å². The molecule has 0 radical (unpaired) electrons. The van der Waals surface area contributed by atoms with Crippen molar-refractivity contribution < 1.29 is 9.47 Å². The summed E-state index contributed by atoms with van der Waals surface area (Å²) in [4.78, 5) is 6.97. The minimum absolute atomic E-state index is 0. The molecule has 2 N–H and O–H groups in total. The van der Waals surface area contributed by atoms with Crippen LogP contribution in [-0.4, -0.2) is 71.0 Å². The van der Waals surface area contributed by atoms with Crippen molar-refractivity contribution in [2.45, 2.75) is 26.9 Å². The standard InChI is InChI=1S/C21H38N4O2.HI/c1-5-22-21(23-12-9-13-25(3)14-15-26-4)24-16-19(2)17-27-18-20-10-7-6-8-11-20;/h6-8,10-11,19H,5,9,12-18H2,1-4H3,(H2,22,23,24);1H. The Morgan fingerprint density at radius 3 is 2.61 bits per heavy atom. The molecule has 0 bridgehead atoms. The zero-order valence-corrected chi connectivity index (χ0v) is 20.3. The molecule has 6 nitrogen and oxygen atoms in total. The Hall–Kier alpha value is -0.900. The van der Waals surface area contributed by atoms with Crippen LogP contribution >= 0.6 is 24.0 Å². The van der Waals surface area contributed by atoms with Gasteiger partial charge in [-0.3, -0.25) is 4.99 Å². The van der Waals surface area contributed by atoms with Crippen molar-refractivity contribution in [3.63, 3.8) is 0 Å². The summed E-state index contributed by atoms with van der Waals surface area (Å²) >= 11 is 0. The molecule has 0 spiro atoms. The van der Waals surface area contributed by atoms with Gasteiger partial charge in [0.15, 0.2) is 5.96 Å². The molecule has 162 valence electrons. The van der Waals surface area contributed by atoms with E-state index in [1.807, 2.05) is 18.2 Å². The highest BCUT2D eigenvalue weighted by molar-refractivity contribution is 14.0. The van der Waals surface area contributed by atoms with Gasteiger partial charge in [0.1, 0.15) is 0 Å². The predicted molar refractivity (Wildman–Crippen MR) is 129 cm³/mol. The topological polar surface area (TPSA) is 58.1 Å². The van der Waals surface area contributed by atoms with Gasteiger partial charge in [0, 0.05) is 33.3 Å². The maximum absolute atomic E-state index is 5.81. The molecule has 0 amide bonds. The number of methoxy groups -OCH3 is 1. The Kier molecular flexibility index (Phi) is 17.6. The van der Waals surface area contributed by atoms with E-state index in [1.165, 1.54) is 5.56 Å². The SMILES string of the molecule is CCNC(=NCC(C)COCc1ccccc1)NCCCN(C)CCOC.I. The van der Waals surface area contributed by atoms with Crippen LogP contribution in [0.15, 0.2) is 35.3 Å². The second kappa shape index (κ2) is 18.1. The van der Waals surface area contributed by atoms with Crippen molar-refractivity contribution in [2.24, 2.45) is 10.9 Å². The van der Waals surface area contributed by atoms with Crippen LogP contribution in [0.5, 0.6) is 0 Å². The number of rotatable bonds is 14. The van der Waals surface area contributed by atoms with E-state index >= 15 is 0 Å². The highest BCUT2D eigenvalue weighted by Crippen LogP contribution is 2.03. The van der Waals surface area contributed by atoms with Crippen molar-refractivity contribution >= 4 is 29.9 Å². The van der Waals surface area contributed by atoms with E-state index < -0.39 is 0 Å². The number of nitrogens with one attached hydrogen (secondary N) is 2. The van der Waals surface area contributed by atoms with Crippen LogP contribution in [0.25, 0.3) is 0 Å². The Labute approximate surface area is 188 Å². The maximum atomic E-state index is 5.81. The molecule has 0 aromatic heterocycles. The molecular formula is C21H39IN4O2. The number of halogens is 1. The Bertz CT molecular complexity index is 502. The summed E-state index contributed by atoms with van der Waals surface area (Å²) in [5.74, 6) is 1.26. The van der Waals surface area contributed by atoms with Gasteiger partial charge in [-0.25, -0.2) is 0 Å². The van der Waals surface area contributed by atoms with Crippen molar-refractivity contribution in [1.29, 1.82) is 0 Å². The first-order valence-electron chi connectivity index (χ1n) is 9.97. The maximum Gasteiger partial charge on any atom is 0.191 e. The number of ether oxygens (including phenoxy) is 2. The Balaban J connectivity index is 0.00000729. The lowest BCUT2D eigenvalue weighted by Crippen LogP contribution is -2.39. The third-order valence-electron chi connectivity index (χ3n) is 4.11. The molecule has 1 unspecified atom stereocenters. The smallest absolute Gasteiger partial charge is 0.191 e. The van der Waals surface area contributed by atoms with Gasteiger partial charge < -0.3 is 25.0 Å². The molecule has 0 aliphatic carbocycles. The fourth-order valence-corrected chi connectivity index (χ4v) is 2.51. The third-order valence-corrected chi connectivity index (χ3v) is 4.11. The molecule has 1 aromatic rings. The number of nitrogens with zero attached hydrogens (tertiary/aromatic N) is 2. The fraction of sp³-hybridized carbons (Fsp3) is 0.667. The van der Waals surface area contributed by atoms with Gasteiger partial charge in [0.25, 0.3) is 0 Å². The summed E-state index contributed by atoms with van der Waals surface area (Å²) in [6.07, 6.45) is 1.07. The second-order valence-corrected chi connectivity index (χ2v) is 6.90. The summed E-state index contributed by atoms with van der Waals surface area (Å²) in [6.45, 7) is 10.9. The van der Waals surface area contributed by atoms with E-state index in [1.54, 1.807) is 7.11 Å². The van der Waals surface area contributed by atoms with Crippen LogP contribution in [0.4, 0.5) is 0 Å². The summed E-state index contributed by atoms with van der Waals surface area (Å²) in [5, 5.41) is 6.72. The molecular weight excluding hydrogens is 467 g/mol. The van der Waals surface area contributed by atoms with Gasteiger partial charge in [-0.1, -0.05) is 37.3 Å². The molecule has 0 aliphatic rings. The molecule has 0 fully saturated rings. The van der Waals surface area contributed by atoms with Crippen LogP contribution in [0.2, 0.25) is 0 Å². The highest BCUT2D eigenvalue weighted by Gasteiger charge is 2.04. The quantitative estimate of drug-likeness (QED) is 0.176. The zero-order valence-electron chi connectivity index (χ0n) is 17.9. The van der Waals surface area contributed by atoms with Crippen LogP contribution in [-0.2, 0) is 16.1 Å². The van der Waals surface area contributed by atoms with Crippen molar-refractivity contribution in [3.05, 3.63) is 35.9 Å². The van der Waals surface area contributed by atoms with Gasteiger partial charge >= 0.3 is 0 Å². The first-order chi connectivity index (χ1) is 13.2. The molecule has 7 heteroatoms. The molecule has 0 aliphatic heterocycles. The largest absolute Gasteiger partial charge is 0.383 e. The number of benzene rings is 1. The summed E-state index contributed by atoms with van der Waals surface area (Å²) < 4.78 is 10.9. The van der Waals surface area contributed by atoms with Crippen molar-refractivity contribution in [1.82, 2.24) is 15.5 Å². The summed E-state index contributed by atoms with van der Waals surface area (Å²) in [6, 6.07) is 10.3. The van der Waals surface area contributed by atoms with E-state index in [4.69, 9.17) is 9.47 Å². The lowest BCUT2D eigenvalue weighted by atomic mass is 10.2. The number of likely N-dealkylation sites (N-methyl/N-ethyl adjacent to an activating group) is 1. The lowest BCUT2D eigenvalue weighted by Gasteiger charge is -2.17. The van der Waals surface area contributed by atoms with Gasteiger partial charge in [0.2, 0.25) is 0 Å². The Morgan fingerprint density at radius 1 is 1.18 bits per heavy atom. The van der Waals surface area contributed by atoms with E-state index in [0.29, 0.717) is 19.1 Å². The number of hydrogen-bond acceptors (Lipinski definition) is 4. The molecule has 0 saturated carbocycles.